The zero-order chi connectivity index (χ0) is 12.1. The number of carboxylic acid groups (broad SMARTS) is 1. The molecule has 0 saturated heterocycles. The Kier molecular flexibility index (Phi) is 4.87. The number of thioether (sulfide) groups is 1. The lowest BCUT2D eigenvalue weighted by atomic mass is 10.0. The summed E-state index contributed by atoms with van der Waals surface area (Å²) in [6, 6.07) is 4.37. The third kappa shape index (κ3) is 3.56. The van der Waals surface area contributed by atoms with Crippen molar-refractivity contribution in [1.82, 2.24) is 0 Å². The molecule has 3 heteroatoms. The fraction of sp³-hybridized carbons (Fsp3) is 0.462. The van der Waals surface area contributed by atoms with Gasteiger partial charge in [-0.3, -0.25) is 4.79 Å². The summed E-state index contributed by atoms with van der Waals surface area (Å²) in [5.41, 5.74) is 3.85. The highest BCUT2D eigenvalue weighted by Crippen LogP contribution is 2.25. The molecule has 0 aromatic heterocycles. The number of hydrogen-bond acceptors (Lipinski definition) is 2. The summed E-state index contributed by atoms with van der Waals surface area (Å²) in [4.78, 5) is 11.7. The van der Waals surface area contributed by atoms with E-state index in [4.69, 9.17) is 5.11 Å². The number of aliphatic carboxylic acids is 1. The Morgan fingerprint density at radius 1 is 1.31 bits per heavy atom. The van der Waals surface area contributed by atoms with Crippen molar-refractivity contribution in [3.05, 3.63) is 28.8 Å². The molecule has 0 aliphatic rings. The second-order valence-electron chi connectivity index (χ2n) is 4.00. The van der Waals surface area contributed by atoms with Crippen molar-refractivity contribution >= 4 is 17.7 Å². The minimum absolute atomic E-state index is 0.251. The molecular weight excluding hydrogens is 220 g/mol. The van der Waals surface area contributed by atoms with Crippen LogP contribution in [0.25, 0.3) is 0 Å². The van der Waals surface area contributed by atoms with Crippen LogP contribution in [0.5, 0.6) is 0 Å². The van der Waals surface area contributed by atoms with Crippen molar-refractivity contribution in [1.29, 1.82) is 0 Å². The molecule has 1 aromatic rings. The zero-order valence-electron chi connectivity index (χ0n) is 10.0. The molecule has 88 valence electrons. The van der Waals surface area contributed by atoms with Crippen LogP contribution < -0.4 is 0 Å². The fourth-order valence-electron chi connectivity index (χ4n) is 1.66. The highest BCUT2D eigenvalue weighted by Gasteiger charge is 2.05. The van der Waals surface area contributed by atoms with Gasteiger partial charge < -0.3 is 5.11 Å². The summed E-state index contributed by atoms with van der Waals surface area (Å²) in [6.45, 7) is 4.20. The summed E-state index contributed by atoms with van der Waals surface area (Å²) in [6.07, 6.45) is 3.88. The molecule has 0 aliphatic heterocycles. The van der Waals surface area contributed by atoms with Crippen molar-refractivity contribution in [2.45, 2.75) is 38.0 Å². The number of carbonyl (C=O) groups is 1. The Bertz CT molecular complexity index is 386. The van der Waals surface area contributed by atoms with Gasteiger partial charge in [-0.15, -0.1) is 11.8 Å². The van der Waals surface area contributed by atoms with Crippen LogP contribution in [0.3, 0.4) is 0 Å². The number of carboxylic acids is 1. The van der Waals surface area contributed by atoms with E-state index in [0.717, 1.165) is 6.42 Å². The molecule has 0 saturated carbocycles. The number of aryl methyl sites for hydroxylation is 3. The maximum Gasteiger partial charge on any atom is 0.303 e. The van der Waals surface area contributed by atoms with Gasteiger partial charge in [0.25, 0.3) is 0 Å². The summed E-state index contributed by atoms with van der Waals surface area (Å²) >= 11 is 1.73. The molecular formula is C13H18O2S. The second-order valence-corrected chi connectivity index (χ2v) is 4.84. The zero-order valence-corrected chi connectivity index (χ0v) is 10.9. The lowest BCUT2D eigenvalue weighted by Crippen LogP contribution is -1.98. The first-order valence-electron chi connectivity index (χ1n) is 5.40. The topological polar surface area (TPSA) is 37.3 Å². The molecule has 0 fully saturated rings. The largest absolute Gasteiger partial charge is 0.481 e. The summed E-state index contributed by atoms with van der Waals surface area (Å²) in [7, 11) is 0. The van der Waals surface area contributed by atoms with Gasteiger partial charge in [0.2, 0.25) is 0 Å². The van der Waals surface area contributed by atoms with Gasteiger partial charge in [-0.05, 0) is 55.7 Å². The first-order chi connectivity index (χ1) is 7.54. The molecule has 1 rings (SSSR count). The first kappa shape index (κ1) is 13.1. The summed E-state index contributed by atoms with van der Waals surface area (Å²) in [5.74, 6) is -0.713. The third-order valence-corrected chi connectivity index (χ3v) is 3.55. The van der Waals surface area contributed by atoms with Crippen LogP contribution in [-0.4, -0.2) is 17.3 Å². The predicted molar refractivity (Wildman–Crippen MR) is 68.3 cm³/mol. The van der Waals surface area contributed by atoms with Crippen LogP contribution in [0, 0.1) is 13.8 Å². The average molecular weight is 238 g/mol. The molecule has 2 nitrogen and oxygen atoms in total. The van der Waals surface area contributed by atoms with E-state index in [9.17, 15) is 4.79 Å². The third-order valence-electron chi connectivity index (χ3n) is 2.73. The van der Waals surface area contributed by atoms with Gasteiger partial charge in [0, 0.05) is 11.3 Å². The molecule has 1 N–H and O–H groups in total. The Labute approximate surface area is 101 Å². The lowest BCUT2D eigenvalue weighted by Gasteiger charge is -2.10. The van der Waals surface area contributed by atoms with E-state index in [-0.39, 0.29) is 6.42 Å². The Balaban J connectivity index is 2.77. The first-order valence-corrected chi connectivity index (χ1v) is 6.63. The highest BCUT2D eigenvalue weighted by atomic mass is 32.2. The normalized spacial score (nSPS) is 10.4. The lowest BCUT2D eigenvalue weighted by molar-refractivity contribution is -0.137. The quantitative estimate of drug-likeness (QED) is 0.798. The maximum atomic E-state index is 10.5. The molecule has 1 aromatic carbocycles. The van der Waals surface area contributed by atoms with E-state index >= 15 is 0 Å². The molecule has 0 spiro atoms. The number of hydrogen-bond donors (Lipinski definition) is 1. The Hall–Kier alpha value is -0.960. The van der Waals surface area contributed by atoms with Gasteiger partial charge in [-0.1, -0.05) is 6.07 Å². The van der Waals surface area contributed by atoms with Crippen molar-refractivity contribution in [2.24, 2.45) is 0 Å². The summed E-state index contributed by atoms with van der Waals surface area (Å²) < 4.78 is 0. The SMILES string of the molecule is CSc1cc(C)c(C)cc1CCCC(=O)O. The van der Waals surface area contributed by atoms with Crippen molar-refractivity contribution in [3.8, 4) is 0 Å². The molecule has 0 radical (unpaired) electrons. The fourth-order valence-corrected chi connectivity index (χ4v) is 2.38. The van der Waals surface area contributed by atoms with Gasteiger partial charge in [-0.2, -0.15) is 0 Å². The molecule has 0 amide bonds. The van der Waals surface area contributed by atoms with E-state index in [1.54, 1.807) is 11.8 Å². The predicted octanol–water partition coefficient (Wildman–Crippen LogP) is 3.43. The smallest absolute Gasteiger partial charge is 0.303 e. The monoisotopic (exact) mass is 238 g/mol. The van der Waals surface area contributed by atoms with Crippen molar-refractivity contribution in [3.63, 3.8) is 0 Å². The van der Waals surface area contributed by atoms with Gasteiger partial charge in [0.1, 0.15) is 0 Å². The van der Waals surface area contributed by atoms with E-state index in [1.807, 2.05) is 0 Å². The van der Waals surface area contributed by atoms with Crippen molar-refractivity contribution in [2.75, 3.05) is 6.26 Å². The molecule has 0 unspecified atom stereocenters. The van der Waals surface area contributed by atoms with Gasteiger partial charge >= 0.3 is 5.97 Å². The van der Waals surface area contributed by atoms with E-state index in [2.05, 4.69) is 32.2 Å². The molecule has 0 aliphatic carbocycles. The van der Waals surface area contributed by atoms with Gasteiger partial charge in [0.15, 0.2) is 0 Å². The highest BCUT2D eigenvalue weighted by molar-refractivity contribution is 7.98. The molecule has 0 bridgehead atoms. The second kappa shape index (κ2) is 5.94. The molecule has 0 atom stereocenters. The average Bonchev–Trinajstić information content (AvgIpc) is 2.22. The van der Waals surface area contributed by atoms with E-state index in [1.165, 1.54) is 21.6 Å². The van der Waals surface area contributed by atoms with Crippen LogP contribution in [0.2, 0.25) is 0 Å². The van der Waals surface area contributed by atoms with Crippen molar-refractivity contribution < 1.29 is 9.90 Å². The Morgan fingerprint density at radius 2 is 1.94 bits per heavy atom. The standard InChI is InChI=1S/C13H18O2S/c1-9-7-11(5-4-6-13(14)15)12(16-3)8-10(9)2/h7-8H,4-6H2,1-3H3,(H,14,15). The van der Waals surface area contributed by atoms with Crippen LogP contribution in [0.4, 0.5) is 0 Å². The van der Waals surface area contributed by atoms with Crippen LogP contribution in [0.15, 0.2) is 17.0 Å². The number of rotatable bonds is 5. The molecule has 16 heavy (non-hydrogen) atoms. The maximum absolute atomic E-state index is 10.5. The summed E-state index contributed by atoms with van der Waals surface area (Å²) in [5, 5.41) is 8.61. The van der Waals surface area contributed by atoms with E-state index < -0.39 is 5.97 Å². The van der Waals surface area contributed by atoms with E-state index in [0.29, 0.717) is 6.42 Å². The van der Waals surface area contributed by atoms with Gasteiger partial charge in [0.05, 0.1) is 0 Å². The molecule has 0 heterocycles. The minimum Gasteiger partial charge on any atom is -0.481 e. The van der Waals surface area contributed by atoms with Crippen LogP contribution >= 0.6 is 11.8 Å². The van der Waals surface area contributed by atoms with Gasteiger partial charge in [-0.25, -0.2) is 0 Å². The minimum atomic E-state index is -0.713. The van der Waals surface area contributed by atoms with Crippen LogP contribution in [0.1, 0.15) is 29.5 Å². The number of benzene rings is 1. The van der Waals surface area contributed by atoms with Crippen LogP contribution in [-0.2, 0) is 11.2 Å². The Morgan fingerprint density at radius 3 is 2.50 bits per heavy atom.